The third kappa shape index (κ3) is 3.37. The molecule has 0 radical (unpaired) electrons. The molecule has 1 N–H and O–H groups in total. The Kier molecular flexibility index (Phi) is 4.24. The molecule has 0 saturated carbocycles. The maximum absolute atomic E-state index is 12.2. The maximum Gasteiger partial charge on any atom is 0.246 e. The lowest BCUT2D eigenvalue weighted by molar-refractivity contribution is 0.390. The van der Waals surface area contributed by atoms with Gasteiger partial charge >= 0.3 is 0 Å². The molecule has 8 nitrogen and oxygen atoms in total. The summed E-state index contributed by atoms with van der Waals surface area (Å²) in [6.07, 6.45) is 1.59. The lowest BCUT2D eigenvalue weighted by Gasteiger charge is -2.12. The number of nitrogens with one attached hydrogen (secondary N) is 1. The molecule has 0 saturated heterocycles. The number of aryl methyl sites for hydroxylation is 2. The zero-order valence-corrected chi connectivity index (χ0v) is 13.1. The van der Waals surface area contributed by atoms with Crippen molar-refractivity contribution in [2.75, 3.05) is 19.0 Å². The second-order valence-electron chi connectivity index (χ2n) is 4.70. The van der Waals surface area contributed by atoms with E-state index in [-0.39, 0.29) is 17.2 Å². The Bertz CT molecular complexity index is 720. The molecule has 0 aliphatic rings. The van der Waals surface area contributed by atoms with Crippen molar-refractivity contribution in [2.24, 2.45) is 0 Å². The van der Waals surface area contributed by atoms with Gasteiger partial charge in [-0.25, -0.2) is 23.1 Å². The molecule has 21 heavy (non-hydrogen) atoms. The minimum Gasteiger partial charge on any atom is -0.363 e. The van der Waals surface area contributed by atoms with Gasteiger partial charge < -0.3 is 9.42 Å². The molecule has 2 aromatic rings. The third-order valence-corrected chi connectivity index (χ3v) is 4.45. The minimum atomic E-state index is -3.71. The molecular weight excluding hydrogens is 294 g/mol. The van der Waals surface area contributed by atoms with E-state index in [9.17, 15) is 8.42 Å². The van der Waals surface area contributed by atoms with Gasteiger partial charge in [-0.3, -0.25) is 0 Å². The first-order valence-electron chi connectivity index (χ1n) is 6.23. The summed E-state index contributed by atoms with van der Waals surface area (Å²) in [7, 11) is -0.0147. The van der Waals surface area contributed by atoms with Gasteiger partial charge in [0.2, 0.25) is 10.0 Å². The van der Waals surface area contributed by atoms with Crippen molar-refractivity contribution in [3.63, 3.8) is 0 Å². The highest BCUT2D eigenvalue weighted by atomic mass is 32.2. The first-order chi connectivity index (χ1) is 9.81. The van der Waals surface area contributed by atoms with Gasteiger partial charge in [-0.1, -0.05) is 5.16 Å². The van der Waals surface area contributed by atoms with Crippen molar-refractivity contribution in [1.82, 2.24) is 19.8 Å². The third-order valence-electron chi connectivity index (χ3n) is 2.81. The number of rotatable bonds is 5. The van der Waals surface area contributed by atoms with Crippen LogP contribution in [-0.4, -0.2) is 37.6 Å². The van der Waals surface area contributed by atoms with Crippen LogP contribution < -0.4 is 9.62 Å². The molecule has 114 valence electrons. The summed E-state index contributed by atoms with van der Waals surface area (Å²) in [5.41, 5.74) is 0.322. The van der Waals surface area contributed by atoms with Crippen LogP contribution in [0.25, 0.3) is 0 Å². The quantitative estimate of drug-likeness (QED) is 0.864. The predicted molar refractivity (Wildman–Crippen MR) is 76.4 cm³/mol. The van der Waals surface area contributed by atoms with Crippen LogP contribution in [0.1, 0.15) is 17.3 Å². The molecule has 0 aliphatic carbocycles. The second kappa shape index (κ2) is 5.78. The van der Waals surface area contributed by atoms with Gasteiger partial charge in [-0.15, -0.1) is 0 Å². The summed E-state index contributed by atoms with van der Waals surface area (Å²) in [4.78, 5) is 10.2. The highest BCUT2D eigenvalue weighted by Crippen LogP contribution is 2.18. The van der Waals surface area contributed by atoms with E-state index in [2.05, 4.69) is 19.8 Å². The number of sulfonamides is 1. The van der Waals surface area contributed by atoms with E-state index in [1.807, 2.05) is 19.0 Å². The van der Waals surface area contributed by atoms with Crippen LogP contribution in [0.2, 0.25) is 0 Å². The van der Waals surface area contributed by atoms with Gasteiger partial charge in [-0.05, 0) is 19.9 Å². The average Bonchev–Trinajstić information content (AvgIpc) is 2.77. The van der Waals surface area contributed by atoms with Crippen molar-refractivity contribution in [3.05, 3.63) is 29.5 Å². The van der Waals surface area contributed by atoms with Gasteiger partial charge in [0.1, 0.15) is 22.2 Å². The fraction of sp³-hybridized carbons (Fsp3) is 0.417. The number of hydrogen-bond acceptors (Lipinski definition) is 7. The summed E-state index contributed by atoms with van der Waals surface area (Å²) in [6.45, 7) is 3.13. The molecule has 0 spiro atoms. The number of nitrogens with zero attached hydrogens (tertiary/aromatic N) is 4. The van der Waals surface area contributed by atoms with Gasteiger partial charge in [0, 0.05) is 20.3 Å². The molecule has 0 aliphatic heterocycles. The summed E-state index contributed by atoms with van der Waals surface area (Å²) >= 11 is 0. The first kappa shape index (κ1) is 15.4. The molecule has 0 bridgehead atoms. The molecule has 2 aromatic heterocycles. The summed E-state index contributed by atoms with van der Waals surface area (Å²) in [6, 6.07) is 1.74. The normalized spacial score (nSPS) is 11.6. The molecule has 2 heterocycles. The summed E-state index contributed by atoms with van der Waals surface area (Å²) in [5.74, 6) is 1.34. The number of anilines is 1. The van der Waals surface area contributed by atoms with E-state index in [1.165, 1.54) is 0 Å². The van der Waals surface area contributed by atoms with E-state index in [0.29, 0.717) is 17.3 Å². The molecule has 0 fully saturated rings. The van der Waals surface area contributed by atoms with E-state index in [1.54, 1.807) is 26.1 Å². The van der Waals surface area contributed by atoms with E-state index in [0.717, 1.165) is 0 Å². The van der Waals surface area contributed by atoms with Crippen molar-refractivity contribution in [2.45, 2.75) is 25.3 Å². The molecular formula is C12H17N5O3S. The Morgan fingerprint density at radius 3 is 2.62 bits per heavy atom. The fourth-order valence-electron chi connectivity index (χ4n) is 1.81. The summed E-state index contributed by atoms with van der Waals surface area (Å²) in [5, 5.41) is 3.64. The van der Waals surface area contributed by atoms with Crippen LogP contribution in [0.3, 0.4) is 0 Å². The smallest absolute Gasteiger partial charge is 0.246 e. The van der Waals surface area contributed by atoms with Gasteiger partial charge in [0.15, 0.2) is 5.76 Å². The predicted octanol–water partition coefficient (Wildman–Crippen LogP) is 0.626. The van der Waals surface area contributed by atoms with Crippen LogP contribution in [0.4, 0.5) is 5.82 Å². The Morgan fingerprint density at radius 1 is 1.33 bits per heavy atom. The zero-order chi connectivity index (χ0) is 15.6. The Morgan fingerprint density at radius 2 is 2.05 bits per heavy atom. The minimum absolute atomic E-state index is 0.00588. The first-order valence-corrected chi connectivity index (χ1v) is 7.71. The average molecular weight is 311 g/mol. The molecule has 0 atom stereocenters. The molecule has 2 rings (SSSR count). The number of hydrogen-bond donors (Lipinski definition) is 1. The Balaban J connectivity index is 2.18. The Hall–Kier alpha value is -2.00. The van der Waals surface area contributed by atoms with Crippen molar-refractivity contribution in [1.29, 1.82) is 0 Å². The zero-order valence-electron chi connectivity index (χ0n) is 12.3. The van der Waals surface area contributed by atoms with Crippen molar-refractivity contribution < 1.29 is 12.9 Å². The van der Waals surface area contributed by atoms with E-state index >= 15 is 0 Å². The SMILES string of the molecule is Cc1noc(C)c1S(=O)(=O)NCc1nccc(N(C)C)n1. The van der Waals surface area contributed by atoms with Gasteiger partial charge in [0.25, 0.3) is 0 Å². The topological polar surface area (TPSA) is 101 Å². The van der Waals surface area contributed by atoms with Crippen LogP contribution in [-0.2, 0) is 16.6 Å². The maximum atomic E-state index is 12.2. The summed E-state index contributed by atoms with van der Waals surface area (Å²) < 4.78 is 31.8. The van der Waals surface area contributed by atoms with Crippen LogP contribution in [0.15, 0.2) is 21.7 Å². The lowest BCUT2D eigenvalue weighted by Crippen LogP contribution is -2.25. The second-order valence-corrected chi connectivity index (χ2v) is 6.41. The molecule has 9 heteroatoms. The standard InChI is InChI=1S/C12H17N5O3S/c1-8-12(9(2)20-16-8)21(18,19)14-7-10-13-6-5-11(15-10)17(3)4/h5-6,14H,7H2,1-4H3. The van der Waals surface area contributed by atoms with Crippen LogP contribution >= 0.6 is 0 Å². The van der Waals surface area contributed by atoms with Crippen LogP contribution in [0.5, 0.6) is 0 Å². The largest absolute Gasteiger partial charge is 0.363 e. The van der Waals surface area contributed by atoms with Gasteiger partial charge in [-0.2, -0.15) is 0 Å². The van der Waals surface area contributed by atoms with E-state index in [4.69, 9.17) is 4.52 Å². The molecule has 0 unspecified atom stereocenters. The highest BCUT2D eigenvalue weighted by molar-refractivity contribution is 7.89. The Labute approximate surface area is 123 Å². The van der Waals surface area contributed by atoms with Crippen LogP contribution in [0, 0.1) is 13.8 Å². The lowest BCUT2D eigenvalue weighted by atomic mass is 10.4. The fourth-order valence-corrected chi connectivity index (χ4v) is 3.12. The number of aromatic nitrogens is 3. The van der Waals surface area contributed by atoms with Crippen molar-refractivity contribution >= 4 is 15.8 Å². The van der Waals surface area contributed by atoms with E-state index < -0.39 is 10.0 Å². The monoisotopic (exact) mass is 311 g/mol. The highest BCUT2D eigenvalue weighted by Gasteiger charge is 2.24. The molecule has 0 amide bonds. The van der Waals surface area contributed by atoms with Crippen molar-refractivity contribution in [3.8, 4) is 0 Å². The molecule has 0 aromatic carbocycles. The van der Waals surface area contributed by atoms with Gasteiger partial charge in [0.05, 0.1) is 6.54 Å².